The van der Waals surface area contributed by atoms with Crippen LogP contribution >= 0.6 is 23.5 Å². The van der Waals surface area contributed by atoms with E-state index in [1.807, 2.05) is 53.9 Å². The highest BCUT2D eigenvalue weighted by molar-refractivity contribution is 8.16. The summed E-state index contributed by atoms with van der Waals surface area (Å²) in [4.78, 5) is 4.71. The van der Waals surface area contributed by atoms with E-state index in [9.17, 15) is 0 Å². The number of thioether (sulfide) groups is 2. The number of ether oxygens (including phenoxy) is 2. The molecule has 3 nitrogen and oxygen atoms in total. The van der Waals surface area contributed by atoms with E-state index in [2.05, 4.69) is 38.1 Å². The van der Waals surface area contributed by atoms with Gasteiger partial charge in [-0.15, -0.1) is 23.5 Å². The molecule has 0 saturated carbocycles. The molecule has 0 aliphatic heterocycles. The molecule has 5 heteroatoms. The van der Waals surface area contributed by atoms with Gasteiger partial charge < -0.3 is 9.47 Å². The van der Waals surface area contributed by atoms with Gasteiger partial charge in [-0.2, -0.15) is 0 Å². The van der Waals surface area contributed by atoms with Crippen LogP contribution in [-0.2, 0) is 6.61 Å². The lowest BCUT2D eigenvalue weighted by atomic mass is 10.2. The van der Waals surface area contributed by atoms with Crippen molar-refractivity contribution >= 4 is 34.4 Å². The van der Waals surface area contributed by atoms with Gasteiger partial charge in [-0.25, -0.2) is 4.98 Å². The minimum Gasteiger partial charge on any atom is -0.493 e. The highest BCUT2D eigenvalue weighted by Crippen LogP contribution is 2.43. The third-order valence-corrected chi connectivity index (χ3v) is 7.69. The molecule has 0 N–H and O–H groups in total. The molecule has 1 aromatic heterocycles. The molecule has 0 saturated heterocycles. The summed E-state index contributed by atoms with van der Waals surface area (Å²) in [7, 11) is 1.69. The summed E-state index contributed by atoms with van der Waals surface area (Å²) < 4.78 is 12.1. The number of hydrogen-bond donors (Lipinski definition) is 0. The average molecular weight is 428 g/mol. The number of benzene rings is 2. The summed E-state index contributed by atoms with van der Waals surface area (Å²) in [5.74, 6) is 3.85. The molecule has 3 aromatic rings. The first-order chi connectivity index (χ1) is 14.2. The van der Waals surface area contributed by atoms with Crippen molar-refractivity contribution in [3.05, 3.63) is 65.9 Å². The fourth-order valence-corrected chi connectivity index (χ4v) is 5.52. The van der Waals surface area contributed by atoms with E-state index in [0.717, 1.165) is 39.6 Å². The Morgan fingerprint density at radius 2 is 1.66 bits per heavy atom. The van der Waals surface area contributed by atoms with Crippen LogP contribution in [0.5, 0.6) is 11.5 Å². The van der Waals surface area contributed by atoms with Crippen molar-refractivity contribution in [2.75, 3.05) is 18.6 Å². The molecule has 0 spiro atoms. The quantitative estimate of drug-likeness (QED) is 0.304. The number of hydrogen-bond acceptors (Lipinski definition) is 5. The molecule has 0 aliphatic rings. The van der Waals surface area contributed by atoms with Crippen LogP contribution in [0.1, 0.15) is 42.5 Å². The number of aromatic nitrogens is 1. The van der Waals surface area contributed by atoms with E-state index < -0.39 is 0 Å². The first-order valence-electron chi connectivity index (χ1n) is 10.1. The molecular formula is C24H29NO2S2. The summed E-state index contributed by atoms with van der Waals surface area (Å²) >= 11 is 4.01. The van der Waals surface area contributed by atoms with Crippen LogP contribution < -0.4 is 9.47 Å². The number of nitrogens with zero attached hydrogens (tertiary/aromatic N) is 1. The SMILES string of the molecule is CCCSC(SCCC)c1ccc(OC)c(OCc2ccc3ccccc3n2)c1. The van der Waals surface area contributed by atoms with Crippen LogP contribution in [0.2, 0.25) is 0 Å². The van der Waals surface area contributed by atoms with Crippen LogP contribution in [0.25, 0.3) is 10.9 Å². The average Bonchev–Trinajstić information content (AvgIpc) is 2.77. The lowest BCUT2D eigenvalue weighted by Crippen LogP contribution is -2.01. The Hall–Kier alpha value is -1.85. The summed E-state index contributed by atoms with van der Waals surface area (Å²) in [5, 5.41) is 1.14. The molecule has 0 fully saturated rings. The van der Waals surface area contributed by atoms with E-state index >= 15 is 0 Å². The lowest BCUT2D eigenvalue weighted by Gasteiger charge is -2.18. The van der Waals surface area contributed by atoms with Gasteiger partial charge in [-0.1, -0.05) is 44.2 Å². The number of rotatable bonds is 11. The van der Waals surface area contributed by atoms with Crippen LogP contribution in [0.3, 0.4) is 0 Å². The standard InChI is InChI=1S/C24H29NO2S2/c1-4-14-28-24(29-15-5-2)19-11-13-22(26-3)23(16-19)27-17-20-12-10-18-8-6-7-9-21(18)25-20/h6-13,16,24H,4-5,14-15,17H2,1-3H3. The van der Waals surface area contributed by atoms with Crippen LogP contribution in [0.4, 0.5) is 0 Å². The zero-order chi connectivity index (χ0) is 20.5. The number of methoxy groups -OCH3 is 1. The maximum absolute atomic E-state index is 6.16. The Bertz CT molecular complexity index is 908. The monoisotopic (exact) mass is 427 g/mol. The van der Waals surface area contributed by atoms with Gasteiger partial charge in [0, 0.05) is 5.39 Å². The Kier molecular flexibility index (Phi) is 8.56. The van der Waals surface area contributed by atoms with Gasteiger partial charge in [0.25, 0.3) is 0 Å². The van der Waals surface area contributed by atoms with Gasteiger partial charge in [-0.3, -0.25) is 0 Å². The molecule has 2 aromatic carbocycles. The van der Waals surface area contributed by atoms with Crippen LogP contribution in [0.15, 0.2) is 54.6 Å². The topological polar surface area (TPSA) is 31.4 Å². The Balaban J connectivity index is 1.78. The van der Waals surface area contributed by atoms with Gasteiger partial charge in [0.2, 0.25) is 0 Å². The van der Waals surface area contributed by atoms with Crippen molar-refractivity contribution in [2.45, 2.75) is 37.9 Å². The lowest BCUT2D eigenvalue weighted by molar-refractivity contribution is 0.281. The van der Waals surface area contributed by atoms with Crippen LogP contribution in [-0.4, -0.2) is 23.6 Å². The first kappa shape index (κ1) is 21.8. The second-order valence-corrected chi connectivity index (χ2v) is 9.49. The first-order valence-corrected chi connectivity index (χ1v) is 12.2. The summed E-state index contributed by atoms with van der Waals surface area (Å²) in [5.41, 5.74) is 3.18. The minimum absolute atomic E-state index is 0.416. The number of pyridine rings is 1. The molecule has 0 unspecified atom stereocenters. The Labute approximate surface area is 182 Å². The molecule has 0 aliphatic carbocycles. The zero-order valence-electron chi connectivity index (χ0n) is 17.4. The van der Waals surface area contributed by atoms with Crippen molar-refractivity contribution in [1.29, 1.82) is 0 Å². The highest BCUT2D eigenvalue weighted by Gasteiger charge is 2.15. The fraction of sp³-hybridized carbons (Fsp3) is 0.375. The van der Waals surface area contributed by atoms with Gasteiger partial charge in [0.1, 0.15) is 6.61 Å². The highest BCUT2D eigenvalue weighted by atomic mass is 32.2. The summed E-state index contributed by atoms with van der Waals surface area (Å²) in [6.45, 7) is 4.88. The zero-order valence-corrected chi connectivity index (χ0v) is 19.0. The molecular weight excluding hydrogens is 398 g/mol. The van der Waals surface area contributed by atoms with E-state index in [1.165, 1.54) is 18.4 Å². The van der Waals surface area contributed by atoms with Crippen molar-refractivity contribution in [2.24, 2.45) is 0 Å². The van der Waals surface area contributed by atoms with E-state index in [4.69, 9.17) is 14.5 Å². The molecule has 154 valence electrons. The van der Waals surface area contributed by atoms with Crippen molar-refractivity contribution in [1.82, 2.24) is 4.98 Å². The third-order valence-electron chi connectivity index (χ3n) is 4.44. The van der Waals surface area contributed by atoms with E-state index in [-0.39, 0.29) is 0 Å². The maximum atomic E-state index is 6.16. The number of fused-ring (bicyclic) bond motifs is 1. The van der Waals surface area contributed by atoms with Gasteiger partial charge in [0.05, 0.1) is 22.9 Å². The largest absolute Gasteiger partial charge is 0.493 e. The van der Waals surface area contributed by atoms with Crippen LogP contribution in [0, 0.1) is 0 Å². The smallest absolute Gasteiger partial charge is 0.162 e. The summed E-state index contributed by atoms with van der Waals surface area (Å²) in [6, 6.07) is 18.6. The molecule has 0 bridgehead atoms. The molecule has 0 radical (unpaired) electrons. The Morgan fingerprint density at radius 3 is 2.38 bits per heavy atom. The second kappa shape index (κ2) is 11.4. The van der Waals surface area contributed by atoms with Crippen molar-refractivity contribution in [3.8, 4) is 11.5 Å². The molecule has 1 heterocycles. The maximum Gasteiger partial charge on any atom is 0.162 e. The predicted molar refractivity (Wildman–Crippen MR) is 127 cm³/mol. The van der Waals surface area contributed by atoms with Gasteiger partial charge in [-0.05, 0) is 54.2 Å². The normalized spacial score (nSPS) is 11.2. The van der Waals surface area contributed by atoms with Crippen molar-refractivity contribution in [3.63, 3.8) is 0 Å². The van der Waals surface area contributed by atoms with E-state index in [1.54, 1.807) is 7.11 Å². The van der Waals surface area contributed by atoms with E-state index in [0.29, 0.717) is 11.2 Å². The fourth-order valence-electron chi connectivity index (χ4n) is 2.98. The molecule has 29 heavy (non-hydrogen) atoms. The Morgan fingerprint density at radius 1 is 0.897 bits per heavy atom. The predicted octanol–water partition coefficient (Wildman–Crippen LogP) is 7.11. The van der Waals surface area contributed by atoms with Gasteiger partial charge in [0.15, 0.2) is 11.5 Å². The number of para-hydroxylation sites is 1. The minimum atomic E-state index is 0.416. The summed E-state index contributed by atoms with van der Waals surface area (Å²) in [6.07, 6.45) is 2.36. The molecule has 0 atom stereocenters. The second-order valence-electron chi connectivity index (χ2n) is 6.77. The van der Waals surface area contributed by atoms with Gasteiger partial charge >= 0.3 is 0 Å². The third kappa shape index (κ3) is 6.06. The van der Waals surface area contributed by atoms with Crippen molar-refractivity contribution < 1.29 is 9.47 Å². The molecule has 3 rings (SSSR count). The molecule has 0 amide bonds.